The lowest BCUT2D eigenvalue weighted by molar-refractivity contribution is -0.292. The topological polar surface area (TPSA) is 116 Å². The van der Waals surface area contributed by atoms with Gasteiger partial charge < -0.3 is 29.9 Å². The van der Waals surface area contributed by atoms with E-state index in [0.717, 1.165) is 0 Å². The van der Waals surface area contributed by atoms with Crippen LogP contribution in [-0.4, -0.2) is 63.7 Å². The summed E-state index contributed by atoms with van der Waals surface area (Å²) in [5.41, 5.74) is 0. The maximum atomic E-state index is 10.8. The molecule has 0 aliphatic carbocycles. The van der Waals surface area contributed by atoms with Gasteiger partial charge in [0, 0.05) is 10.7 Å². The number of ether oxygens (including phenoxy) is 2. The Morgan fingerprint density at radius 1 is 1.47 bits per heavy atom. The molecule has 4 N–H and O–H groups in total. The zero-order valence-corrected chi connectivity index (χ0v) is 7.40. The van der Waals surface area contributed by atoms with Crippen LogP contribution in [0.4, 0.5) is 0 Å². The van der Waals surface area contributed by atoms with Gasteiger partial charge in [-0.1, -0.05) is 0 Å². The Morgan fingerprint density at radius 3 is 2.67 bits per heavy atom. The van der Waals surface area contributed by atoms with Crippen LogP contribution in [0.15, 0.2) is 0 Å². The minimum atomic E-state index is -3.25. The highest BCUT2D eigenvalue weighted by Gasteiger charge is 2.47. The maximum Gasteiger partial charge on any atom is 0.335 e. The van der Waals surface area contributed by atoms with Gasteiger partial charge in [-0.15, -0.1) is 0 Å². The van der Waals surface area contributed by atoms with Crippen LogP contribution in [0.1, 0.15) is 13.7 Å². The minimum Gasteiger partial charge on any atom is -0.479 e. The Hall–Kier alpha value is -0.730. The second-order valence-electron chi connectivity index (χ2n) is 2.96. The highest BCUT2D eigenvalue weighted by Crippen LogP contribution is 2.22. The summed E-state index contributed by atoms with van der Waals surface area (Å²) in [6, 6.07) is 0. The molecule has 0 aromatic heterocycles. The predicted octanol–water partition coefficient (Wildman–Crippen LogP) is -2.08. The molecule has 0 radical (unpaired) electrons. The highest BCUT2D eigenvalue weighted by atomic mass is 16.7. The smallest absolute Gasteiger partial charge is 0.335 e. The summed E-state index contributed by atoms with van der Waals surface area (Å²) < 4.78 is 44.1. The molecule has 7 nitrogen and oxygen atoms in total. The molecular weight excluding hydrogens is 208 g/mol. The van der Waals surface area contributed by atoms with Crippen LogP contribution >= 0.6 is 0 Å². The molecule has 88 valence electrons. The number of hydrogen-bond acceptors (Lipinski definition) is 6. The van der Waals surface area contributed by atoms with Crippen molar-refractivity contribution >= 4 is 5.97 Å². The molecule has 3 unspecified atom stereocenters. The first-order chi connectivity index (χ1) is 8.88. The lowest BCUT2D eigenvalue weighted by Gasteiger charge is -2.38. The molecule has 0 bridgehead atoms. The first-order valence-electron chi connectivity index (χ1n) is 6.49. The summed E-state index contributed by atoms with van der Waals surface area (Å²) in [5, 5.41) is 37.1. The third-order valence-electron chi connectivity index (χ3n) is 1.99. The third kappa shape index (κ3) is 2.44. The normalized spacial score (nSPS) is 48.2. The fourth-order valence-corrected chi connectivity index (χ4v) is 1.21. The number of carbonyl (C=O) groups is 1. The number of hydrogen-bond donors (Lipinski definition) is 4. The SMILES string of the molecule is [2H]C([2H])([2H])C([2H])([2H])O[C@@H]1OC(C(=O)O)C(O)[C@H](O)C1O. The van der Waals surface area contributed by atoms with E-state index in [4.69, 9.17) is 12.0 Å². The van der Waals surface area contributed by atoms with Crippen molar-refractivity contribution in [3.05, 3.63) is 0 Å². The molecule has 0 spiro atoms. The Bertz CT molecular complexity index is 373. The van der Waals surface area contributed by atoms with Crippen molar-refractivity contribution in [3.63, 3.8) is 0 Å². The van der Waals surface area contributed by atoms with Crippen molar-refractivity contribution in [2.75, 3.05) is 6.56 Å². The highest BCUT2D eigenvalue weighted by molar-refractivity contribution is 5.73. The molecule has 0 saturated carbocycles. The molecule has 1 aliphatic rings. The van der Waals surface area contributed by atoms with Crippen LogP contribution in [0.3, 0.4) is 0 Å². The van der Waals surface area contributed by atoms with Gasteiger partial charge in [0.1, 0.15) is 18.3 Å². The summed E-state index contributed by atoms with van der Waals surface area (Å²) >= 11 is 0. The van der Waals surface area contributed by atoms with E-state index >= 15 is 0 Å². The van der Waals surface area contributed by atoms with Crippen molar-refractivity contribution < 1.29 is 41.5 Å². The lowest BCUT2D eigenvalue weighted by atomic mass is 9.99. The first kappa shape index (κ1) is 6.77. The zero-order valence-electron chi connectivity index (χ0n) is 12.4. The van der Waals surface area contributed by atoms with E-state index in [0.29, 0.717) is 0 Å². The van der Waals surface area contributed by atoms with E-state index in [2.05, 4.69) is 9.47 Å². The average Bonchev–Trinajstić information content (AvgIpc) is 2.27. The number of carboxylic acids is 1. The summed E-state index contributed by atoms with van der Waals surface area (Å²) in [6.45, 7) is -6.47. The van der Waals surface area contributed by atoms with Crippen molar-refractivity contribution in [2.45, 2.75) is 37.6 Å². The van der Waals surface area contributed by atoms with Gasteiger partial charge in [-0.25, -0.2) is 4.79 Å². The molecule has 5 atom stereocenters. The number of carboxylic acid groups (broad SMARTS) is 1. The van der Waals surface area contributed by atoms with Gasteiger partial charge in [-0.05, 0) is 6.85 Å². The molecule has 1 rings (SSSR count). The molecule has 1 heterocycles. The van der Waals surface area contributed by atoms with E-state index in [1.54, 1.807) is 0 Å². The summed E-state index contributed by atoms with van der Waals surface area (Å²) in [4.78, 5) is 10.8. The second-order valence-corrected chi connectivity index (χ2v) is 2.96. The van der Waals surface area contributed by atoms with Crippen LogP contribution in [0.5, 0.6) is 0 Å². The van der Waals surface area contributed by atoms with Gasteiger partial charge in [0.05, 0.1) is 2.74 Å². The molecule has 0 aromatic rings. The standard InChI is InChI=1S/C8H14O7/c1-2-14-8-5(11)3(9)4(10)6(15-8)7(12)13/h3-6,8-11H,2H2,1H3,(H,12,13)/t3-,4?,5?,6?,8+/m0/s1/i1D3,2D2. The summed E-state index contributed by atoms with van der Waals surface area (Å²) in [6.07, 6.45) is -10.0. The van der Waals surface area contributed by atoms with E-state index in [1.165, 1.54) is 0 Å². The number of aliphatic hydroxyl groups is 3. The molecule has 15 heavy (non-hydrogen) atoms. The van der Waals surface area contributed by atoms with Crippen LogP contribution in [0.25, 0.3) is 0 Å². The number of rotatable bonds is 3. The predicted molar refractivity (Wildman–Crippen MR) is 45.9 cm³/mol. The van der Waals surface area contributed by atoms with Crippen LogP contribution in [0, 0.1) is 0 Å². The van der Waals surface area contributed by atoms with E-state index in [-0.39, 0.29) is 0 Å². The van der Waals surface area contributed by atoms with Gasteiger partial charge in [-0.2, -0.15) is 0 Å². The van der Waals surface area contributed by atoms with Gasteiger partial charge in [0.25, 0.3) is 0 Å². The molecule has 1 saturated heterocycles. The molecular formula is C8H14O7. The first-order valence-corrected chi connectivity index (χ1v) is 3.99. The molecule has 0 aromatic carbocycles. The van der Waals surface area contributed by atoms with Gasteiger partial charge in [-0.3, -0.25) is 0 Å². The average molecular weight is 227 g/mol. The molecule has 7 heteroatoms. The van der Waals surface area contributed by atoms with Gasteiger partial charge >= 0.3 is 5.97 Å². The Labute approximate surface area is 92.9 Å². The molecule has 1 fully saturated rings. The Morgan fingerprint density at radius 2 is 2.13 bits per heavy atom. The largest absolute Gasteiger partial charge is 0.479 e. The fraction of sp³-hybridized carbons (Fsp3) is 0.875. The molecule has 1 aliphatic heterocycles. The van der Waals surface area contributed by atoms with Crippen LogP contribution < -0.4 is 0 Å². The minimum absolute atomic E-state index is 1.69. The maximum absolute atomic E-state index is 10.8. The fourth-order valence-electron chi connectivity index (χ4n) is 1.21. The lowest BCUT2D eigenvalue weighted by Crippen LogP contribution is -2.60. The summed E-state index contributed by atoms with van der Waals surface area (Å²) in [7, 11) is 0. The quantitative estimate of drug-likeness (QED) is 0.437. The zero-order chi connectivity index (χ0) is 15.9. The Balaban J connectivity index is 2.92. The molecule has 0 amide bonds. The van der Waals surface area contributed by atoms with E-state index in [1.807, 2.05) is 0 Å². The van der Waals surface area contributed by atoms with Crippen molar-refractivity contribution in [2.24, 2.45) is 0 Å². The Kier molecular flexibility index (Phi) is 2.19. The number of aliphatic hydroxyl groups excluding tert-OH is 3. The van der Waals surface area contributed by atoms with Crippen molar-refractivity contribution in [3.8, 4) is 0 Å². The van der Waals surface area contributed by atoms with Gasteiger partial charge in [0.15, 0.2) is 12.4 Å². The van der Waals surface area contributed by atoms with E-state index in [9.17, 15) is 20.1 Å². The number of aliphatic carboxylic acids is 1. The van der Waals surface area contributed by atoms with Crippen molar-refractivity contribution in [1.82, 2.24) is 0 Å². The third-order valence-corrected chi connectivity index (χ3v) is 1.99. The second kappa shape index (κ2) is 4.86. The van der Waals surface area contributed by atoms with Crippen molar-refractivity contribution in [1.29, 1.82) is 0 Å². The summed E-state index contributed by atoms with van der Waals surface area (Å²) in [5.74, 6) is -1.69. The monoisotopic (exact) mass is 227 g/mol. The van der Waals surface area contributed by atoms with Crippen LogP contribution in [0.2, 0.25) is 0 Å². The van der Waals surface area contributed by atoms with E-state index < -0.39 is 50.1 Å². The van der Waals surface area contributed by atoms with Gasteiger partial charge in [0.2, 0.25) is 0 Å². The van der Waals surface area contributed by atoms with Crippen LogP contribution in [-0.2, 0) is 14.3 Å².